The van der Waals surface area contributed by atoms with E-state index in [-0.39, 0.29) is 24.0 Å². The molecule has 0 spiro atoms. The fraction of sp³-hybridized carbons (Fsp3) is 0.429. The zero-order chi connectivity index (χ0) is 14.5. The number of anilines is 2. The van der Waals surface area contributed by atoms with Crippen molar-refractivity contribution in [2.24, 2.45) is 5.92 Å². The van der Waals surface area contributed by atoms with Crippen molar-refractivity contribution in [1.29, 1.82) is 0 Å². The molecule has 1 heterocycles. The molecule has 0 aliphatic rings. The maximum atomic E-state index is 13.7. The Morgan fingerprint density at radius 3 is 2.90 bits per heavy atom. The molecule has 0 aliphatic carbocycles. The highest BCUT2D eigenvalue weighted by atomic mass is 19.1. The highest BCUT2D eigenvalue weighted by molar-refractivity contribution is 5.90. The average molecular weight is 278 g/mol. The number of hydrogen-bond acceptors (Lipinski definition) is 5. The zero-order valence-corrected chi connectivity index (χ0v) is 11.4. The van der Waals surface area contributed by atoms with Gasteiger partial charge in [0.05, 0.1) is 0 Å². The summed E-state index contributed by atoms with van der Waals surface area (Å²) in [6.45, 7) is 2.73. The van der Waals surface area contributed by atoms with E-state index in [2.05, 4.69) is 22.2 Å². The predicted octanol–water partition coefficient (Wildman–Crippen LogP) is 2.17. The number of hydrogen-bond donors (Lipinski definition) is 3. The number of nitrogen functional groups attached to an aromatic ring is 1. The molecule has 0 radical (unpaired) electrons. The second-order valence-corrected chi connectivity index (χ2v) is 4.78. The van der Waals surface area contributed by atoms with Crippen molar-refractivity contribution in [3.63, 3.8) is 0 Å². The summed E-state index contributed by atoms with van der Waals surface area (Å²) in [6, 6.07) is 4.69. The van der Waals surface area contributed by atoms with E-state index in [4.69, 9.17) is 5.73 Å². The van der Waals surface area contributed by atoms with Crippen molar-refractivity contribution in [2.45, 2.75) is 19.8 Å². The van der Waals surface area contributed by atoms with Crippen LogP contribution in [0, 0.1) is 11.7 Å². The standard InChI is InChI=1S/C14H19FN4O/c1-2-4-9(8-20)7-17-13-10-5-3-6-11(15)12(10)18-14(16)19-13/h3,5-6,9,20H,2,4,7-8H2,1H3,(H3,16,17,18,19). The number of halogens is 1. The summed E-state index contributed by atoms with van der Waals surface area (Å²) in [7, 11) is 0. The fourth-order valence-corrected chi connectivity index (χ4v) is 2.18. The van der Waals surface area contributed by atoms with Gasteiger partial charge in [-0.1, -0.05) is 19.4 Å². The largest absolute Gasteiger partial charge is 0.396 e. The molecule has 20 heavy (non-hydrogen) atoms. The highest BCUT2D eigenvalue weighted by Crippen LogP contribution is 2.23. The Bertz CT molecular complexity index is 591. The predicted molar refractivity (Wildman–Crippen MR) is 77.9 cm³/mol. The average Bonchev–Trinajstić information content (AvgIpc) is 2.44. The number of para-hydroxylation sites is 1. The minimum atomic E-state index is -0.424. The van der Waals surface area contributed by atoms with E-state index < -0.39 is 5.82 Å². The van der Waals surface area contributed by atoms with Crippen LogP contribution in [-0.4, -0.2) is 28.2 Å². The van der Waals surface area contributed by atoms with Gasteiger partial charge in [0.2, 0.25) is 5.95 Å². The van der Waals surface area contributed by atoms with Gasteiger partial charge in [-0.05, 0) is 24.5 Å². The molecule has 5 nitrogen and oxygen atoms in total. The lowest BCUT2D eigenvalue weighted by Crippen LogP contribution is -2.19. The van der Waals surface area contributed by atoms with Crippen LogP contribution in [0.1, 0.15) is 19.8 Å². The number of benzene rings is 1. The second kappa shape index (κ2) is 6.47. The minimum Gasteiger partial charge on any atom is -0.396 e. The number of fused-ring (bicyclic) bond motifs is 1. The van der Waals surface area contributed by atoms with Crippen LogP contribution < -0.4 is 11.1 Å². The van der Waals surface area contributed by atoms with Crippen LogP contribution in [0.3, 0.4) is 0 Å². The lowest BCUT2D eigenvalue weighted by atomic mass is 10.1. The van der Waals surface area contributed by atoms with Gasteiger partial charge in [0, 0.05) is 18.5 Å². The Balaban J connectivity index is 2.27. The molecule has 1 aromatic carbocycles. The molecule has 0 aliphatic heterocycles. The van der Waals surface area contributed by atoms with E-state index in [0.29, 0.717) is 17.7 Å². The van der Waals surface area contributed by atoms with Crippen LogP contribution in [-0.2, 0) is 0 Å². The monoisotopic (exact) mass is 278 g/mol. The quantitative estimate of drug-likeness (QED) is 0.754. The molecule has 1 atom stereocenters. The van der Waals surface area contributed by atoms with Crippen molar-refractivity contribution < 1.29 is 9.50 Å². The summed E-state index contributed by atoms with van der Waals surface area (Å²) in [5, 5.41) is 13.0. The van der Waals surface area contributed by atoms with Crippen molar-refractivity contribution in [1.82, 2.24) is 9.97 Å². The highest BCUT2D eigenvalue weighted by Gasteiger charge is 2.11. The Morgan fingerprint density at radius 1 is 1.40 bits per heavy atom. The van der Waals surface area contributed by atoms with Crippen LogP contribution in [0.2, 0.25) is 0 Å². The molecule has 0 bridgehead atoms. The lowest BCUT2D eigenvalue weighted by molar-refractivity contribution is 0.225. The maximum Gasteiger partial charge on any atom is 0.222 e. The Kier molecular flexibility index (Phi) is 4.68. The topological polar surface area (TPSA) is 84.1 Å². The fourth-order valence-electron chi connectivity index (χ4n) is 2.18. The summed E-state index contributed by atoms with van der Waals surface area (Å²) >= 11 is 0. The van der Waals surface area contributed by atoms with Crippen molar-refractivity contribution in [2.75, 3.05) is 24.2 Å². The molecule has 0 saturated carbocycles. The van der Waals surface area contributed by atoms with Gasteiger partial charge in [0.1, 0.15) is 17.2 Å². The first-order valence-corrected chi connectivity index (χ1v) is 6.72. The summed E-state index contributed by atoms with van der Waals surface area (Å²) in [6.07, 6.45) is 1.91. The van der Waals surface area contributed by atoms with E-state index in [1.165, 1.54) is 6.07 Å². The third-order valence-electron chi connectivity index (χ3n) is 3.21. The van der Waals surface area contributed by atoms with E-state index in [1.807, 2.05) is 0 Å². The van der Waals surface area contributed by atoms with Gasteiger partial charge in [-0.25, -0.2) is 9.37 Å². The normalized spacial score (nSPS) is 12.6. The van der Waals surface area contributed by atoms with E-state index in [9.17, 15) is 9.50 Å². The Morgan fingerprint density at radius 2 is 2.20 bits per heavy atom. The molecule has 6 heteroatoms. The molecule has 0 saturated heterocycles. The van der Waals surface area contributed by atoms with Gasteiger partial charge >= 0.3 is 0 Å². The van der Waals surface area contributed by atoms with Crippen molar-refractivity contribution >= 4 is 22.7 Å². The molecular formula is C14H19FN4O. The third-order valence-corrected chi connectivity index (χ3v) is 3.21. The minimum absolute atomic E-state index is 0.0288. The number of nitrogens with two attached hydrogens (primary N) is 1. The number of aromatic nitrogens is 2. The summed E-state index contributed by atoms with van der Waals surface area (Å²) in [5.41, 5.74) is 5.82. The first kappa shape index (κ1) is 14.5. The van der Waals surface area contributed by atoms with Crippen LogP contribution in [0.25, 0.3) is 10.9 Å². The molecule has 0 amide bonds. The SMILES string of the molecule is CCCC(CO)CNc1nc(N)nc2c(F)cccc12. The number of aliphatic hydroxyl groups is 1. The molecule has 0 fully saturated rings. The van der Waals surface area contributed by atoms with Gasteiger partial charge < -0.3 is 16.2 Å². The van der Waals surface area contributed by atoms with Crippen LogP contribution in [0.5, 0.6) is 0 Å². The second-order valence-electron chi connectivity index (χ2n) is 4.78. The molecule has 1 aromatic heterocycles. The summed E-state index contributed by atoms with van der Waals surface area (Å²) in [5.74, 6) is 0.245. The van der Waals surface area contributed by atoms with Crippen LogP contribution in [0.15, 0.2) is 18.2 Å². The third kappa shape index (κ3) is 3.14. The maximum absolute atomic E-state index is 13.7. The molecule has 2 aromatic rings. The Labute approximate surface area is 117 Å². The van der Waals surface area contributed by atoms with Gasteiger partial charge in [0.15, 0.2) is 0 Å². The van der Waals surface area contributed by atoms with Crippen molar-refractivity contribution in [3.05, 3.63) is 24.0 Å². The van der Waals surface area contributed by atoms with Crippen LogP contribution >= 0.6 is 0 Å². The van der Waals surface area contributed by atoms with Crippen LogP contribution in [0.4, 0.5) is 16.2 Å². The zero-order valence-electron chi connectivity index (χ0n) is 11.4. The number of rotatable bonds is 6. The van der Waals surface area contributed by atoms with E-state index in [0.717, 1.165) is 12.8 Å². The first-order valence-electron chi connectivity index (χ1n) is 6.72. The molecular weight excluding hydrogens is 259 g/mol. The van der Waals surface area contributed by atoms with E-state index >= 15 is 0 Å². The molecule has 2 rings (SSSR count). The number of nitrogens with one attached hydrogen (secondary N) is 1. The number of aliphatic hydroxyl groups excluding tert-OH is 1. The van der Waals surface area contributed by atoms with E-state index in [1.54, 1.807) is 12.1 Å². The summed E-state index contributed by atoms with van der Waals surface area (Å²) in [4.78, 5) is 8.04. The van der Waals surface area contributed by atoms with Gasteiger partial charge in [-0.2, -0.15) is 4.98 Å². The van der Waals surface area contributed by atoms with Gasteiger partial charge in [0.25, 0.3) is 0 Å². The Hall–Kier alpha value is -1.95. The van der Waals surface area contributed by atoms with Gasteiger partial charge in [-0.15, -0.1) is 0 Å². The lowest BCUT2D eigenvalue weighted by Gasteiger charge is -2.15. The summed E-state index contributed by atoms with van der Waals surface area (Å²) < 4.78 is 13.7. The number of nitrogens with zero attached hydrogens (tertiary/aromatic N) is 2. The van der Waals surface area contributed by atoms with Gasteiger partial charge in [-0.3, -0.25) is 0 Å². The van der Waals surface area contributed by atoms with Crippen molar-refractivity contribution in [3.8, 4) is 0 Å². The smallest absolute Gasteiger partial charge is 0.222 e. The first-order chi connectivity index (χ1) is 9.65. The molecule has 1 unspecified atom stereocenters. The molecule has 4 N–H and O–H groups in total. The molecule has 108 valence electrons.